The SMILES string of the molecule is O=C(Nc1cn2ccccc2n1)c1ccc(Br)cc1. The van der Waals surface area contributed by atoms with E-state index < -0.39 is 0 Å². The Hall–Kier alpha value is -2.14. The second kappa shape index (κ2) is 4.85. The molecule has 2 aromatic heterocycles. The quantitative estimate of drug-likeness (QED) is 0.788. The van der Waals surface area contributed by atoms with Crippen LogP contribution in [0.2, 0.25) is 0 Å². The van der Waals surface area contributed by atoms with Gasteiger partial charge >= 0.3 is 0 Å². The van der Waals surface area contributed by atoms with Gasteiger partial charge < -0.3 is 9.72 Å². The summed E-state index contributed by atoms with van der Waals surface area (Å²) in [5.74, 6) is 0.370. The van der Waals surface area contributed by atoms with Crippen LogP contribution in [0, 0.1) is 0 Å². The number of pyridine rings is 1. The molecule has 3 aromatic rings. The van der Waals surface area contributed by atoms with Gasteiger partial charge in [0, 0.05) is 16.2 Å². The molecule has 0 aliphatic carbocycles. The summed E-state index contributed by atoms with van der Waals surface area (Å²) in [6, 6.07) is 12.9. The Bertz CT molecular complexity index is 701. The van der Waals surface area contributed by atoms with Crippen molar-refractivity contribution in [3.63, 3.8) is 0 Å². The molecule has 0 aliphatic rings. The van der Waals surface area contributed by atoms with Gasteiger partial charge in [0.25, 0.3) is 5.91 Å². The standard InChI is InChI=1S/C14H10BrN3O/c15-11-6-4-10(5-7-11)14(19)17-12-9-18-8-2-1-3-13(18)16-12/h1-9H,(H,17,19). The normalized spacial score (nSPS) is 10.6. The predicted octanol–water partition coefficient (Wildman–Crippen LogP) is 3.35. The smallest absolute Gasteiger partial charge is 0.256 e. The molecular formula is C14H10BrN3O. The van der Waals surface area contributed by atoms with Gasteiger partial charge in [-0.15, -0.1) is 0 Å². The Labute approximate surface area is 118 Å². The minimum atomic E-state index is -0.170. The largest absolute Gasteiger partial charge is 0.305 e. The van der Waals surface area contributed by atoms with E-state index in [1.54, 1.807) is 18.3 Å². The van der Waals surface area contributed by atoms with Crippen LogP contribution < -0.4 is 5.32 Å². The van der Waals surface area contributed by atoms with Crippen molar-refractivity contribution in [2.45, 2.75) is 0 Å². The summed E-state index contributed by atoms with van der Waals surface area (Å²) in [6.45, 7) is 0. The average molecular weight is 316 g/mol. The number of fused-ring (bicyclic) bond motifs is 1. The molecule has 19 heavy (non-hydrogen) atoms. The number of carbonyl (C=O) groups excluding carboxylic acids is 1. The number of hydrogen-bond donors (Lipinski definition) is 1. The molecule has 0 fully saturated rings. The Balaban J connectivity index is 1.84. The lowest BCUT2D eigenvalue weighted by molar-refractivity contribution is 0.102. The van der Waals surface area contributed by atoms with Crippen molar-refractivity contribution < 1.29 is 4.79 Å². The molecule has 5 heteroatoms. The number of hydrogen-bond acceptors (Lipinski definition) is 2. The second-order valence-electron chi connectivity index (χ2n) is 4.05. The molecule has 0 spiro atoms. The molecule has 1 N–H and O–H groups in total. The monoisotopic (exact) mass is 315 g/mol. The number of nitrogens with zero attached hydrogens (tertiary/aromatic N) is 2. The molecule has 4 nitrogen and oxygen atoms in total. The first-order valence-corrected chi connectivity index (χ1v) is 6.52. The Kier molecular flexibility index (Phi) is 3.05. The first kappa shape index (κ1) is 11.9. The van der Waals surface area contributed by atoms with Gasteiger partial charge in [0.15, 0.2) is 5.82 Å². The molecule has 0 saturated heterocycles. The lowest BCUT2D eigenvalue weighted by atomic mass is 10.2. The van der Waals surface area contributed by atoms with Gasteiger partial charge in [-0.3, -0.25) is 4.79 Å². The fourth-order valence-corrected chi connectivity index (χ4v) is 2.05. The average Bonchev–Trinajstić information content (AvgIpc) is 2.81. The molecule has 94 valence electrons. The number of aromatic nitrogens is 2. The lowest BCUT2D eigenvalue weighted by Gasteiger charge is -2.01. The maximum Gasteiger partial charge on any atom is 0.256 e. The lowest BCUT2D eigenvalue weighted by Crippen LogP contribution is -2.11. The van der Waals surface area contributed by atoms with Crippen LogP contribution in [0.25, 0.3) is 5.65 Å². The molecule has 0 unspecified atom stereocenters. The van der Waals surface area contributed by atoms with E-state index in [1.165, 1.54) is 0 Å². The summed E-state index contributed by atoms with van der Waals surface area (Å²) in [5, 5.41) is 2.78. The Morgan fingerprint density at radius 1 is 1.16 bits per heavy atom. The van der Waals surface area contributed by atoms with E-state index in [0.29, 0.717) is 11.4 Å². The summed E-state index contributed by atoms with van der Waals surface area (Å²) in [6.07, 6.45) is 3.67. The van der Waals surface area contributed by atoms with Crippen molar-refractivity contribution in [2.75, 3.05) is 5.32 Å². The summed E-state index contributed by atoms with van der Waals surface area (Å²) in [5.41, 5.74) is 1.40. The summed E-state index contributed by atoms with van der Waals surface area (Å²) in [7, 11) is 0. The van der Waals surface area contributed by atoms with E-state index in [0.717, 1.165) is 10.1 Å². The van der Waals surface area contributed by atoms with Crippen molar-refractivity contribution in [3.05, 3.63) is 64.9 Å². The molecule has 3 rings (SSSR count). The van der Waals surface area contributed by atoms with E-state index >= 15 is 0 Å². The Morgan fingerprint density at radius 2 is 1.95 bits per heavy atom. The number of anilines is 1. The third kappa shape index (κ3) is 2.51. The zero-order valence-electron chi connectivity index (χ0n) is 9.88. The highest BCUT2D eigenvalue weighted by Crippen LogP contribution is 2.13. The van der Waals surface area contributed by atoms with E-state index in [9.17, 15) is 4.79 Å². The van der Waals surface area contributed by atoms with Crippen molar-refractivity contribution in [1.29, 1.82) is 0 Å². The summed E-state index contributed by atoms with van der Waals surface area (Å²) < 4.78 is 2.80. The highest BCUT2D eigenvalue weighted by molar-refractivity contribution is 9.10. The van der Waals surface area contributed by atoms with Gasteiger partial charge in [-0.1, -0.05) is 22.0 Å². The van der Waals surface area contributed by atoms with Crippen molar-refractivity contribution in [1.82, 2.24) is 9.38 Å². The third-order valence-electron chi connectivity index (χ3n) is 2.71. The van der Waals surface area contributed by atoms with E-state index in [4.69, 9.17) is 0 Å². The first-order valence-electron chi connectivity index (χ1n) is 5.73. The molecule has 0 saturated carbocycles. The fraction of sp³-hybridized carbons (Fsp3) is 0. The van der Waals surface area contributed by atoms with Gasteiger partial charge in [0.05, 0.1) is 6.20 Å². The maximum atomic E-state index is 12.0. The summed E-state index contributed by atoms with van der Waals surface area (Å²) in [4.78, 5) is 16.3. The van der Waals surface area contributed by atoms with Crippen molar-refractivity contribution in [3.8, 4) is 0 Å². The second-order valence-corrected chi connectivity index (χ2v) is 4.97. The molecule has 1 aromatic carbocycles. The molecule has 2 heterocycles. The van der Waals surface area contributed by atoms with Gasteiger partial charge in [0.1, 0.15) is 5.65 Å². The highest BCUT2D eigenvalue weighted by atomic mass is 79.9. The first-order chi connectivity index (χ1) is 9.22. The van der Waals surface area contributed by atoms with Gasteiger partial charge in [-0.2, -0.15) is 0 Å². The number of nitrogens with one attached hydrogen (secondary N) is 1. The van der Waals surface area contributed by atoms with Crippen LogP contribution in [0.4, 0.5) is 5.82 Å². The van der Waals surface area contributed by atoms with Gasteiger partial charge in [0.2, 0.25) is 0 Å². The number of amides is 1. The maximum absolute atomic E-state index is 12.0. The van der Waals surface area contributed by atoms with Crippen LogP contribution in [-0.4, -0.2) is 15.3 Å². The van der Waals surface area contributed by atoms with Gasteiger partial charge in [-0.25, -0.2) is 4.98 Å². The number of halogens is 1. The topological polar surface area (TPSA) is 46.4 Å². The molecule has 0 aliphatic heterocycles. The zero-order valence-corrected chi connectivity index (χ0v) is 11.5. The van der Waals surface area contributed by atoms with Crippen LogP contribution in [0.1, 0.15) is 10.4 Å². The summed E-state index contributed by atoms with van der Waals surface area (Å²) >= 11 is 3.34. The fourth-order valence-electron chi connectivity index (χ4n) is 1.78. The number of rotatable bonds is 2. The molecule has 0 atom stereocenters. The van der Waals surface area contributed by atoms with Crippen LogP contribution in [0.3, 0.4) is 0 Å². The highest BCUT2D eigenvalue weighted by Gasteiger charge is 2.08. The molecule has 1 amide bonds. The number of imidazole rings is 1. The predicted molar refractivity (Wildman–Crippen MR) is 77.3 cm³/mol. The van der Waals surface area contributed by atoms with E-state index in [-0.39, 0.29) is 5.91 Å². The van der Waals surface area contributed by atoms with Crippen LogP contribution in [-0.2, 0) is 0 Å². The zero-order chi connectivity index (χ0) is 13.2. The van der Waals surface area contributed by atoms with E-state index in [1.807, 2.05) is 40.9 Å². The van der Waals surface area contributed by atoms with Crippen molar-refractivity contribution >= 4 is 33.3 Å². The van der Waals surface area contributed by atoms with Crippen LogP contribution in [0.15, 0.2) is 59.3 Å². The third-order valence-corrected chi connectivity index (χ3v) is 3.24. The Morgan fingerprint density at radius 3 is 2.68 bits per heavy atom. The molecular weight excluding hydrogens is 306 g/mol. The van der Waals surface area contributed by atoms with E-state index in [2.05, 4.69) is 26.2 Å². The van der Waals surface area contributed by atoms with Crippen LogP contribution >= 0.6 is 15.9 Å². The van der Waals surface area contributed by atoms with Gasteiger partial charge in [-0.05, 0) is 36.4 Å². The van der Waals surface area contributed by atoms with Crippen LogP contribution in [0.5, 0.6) is 0 Å². The molecule has 0 radical (unpaired) electrons. The molecule has 0 bridgehead atoms. The number of benzene rings is 1. The minimum Gasteiger partial charge on any atom is -0.305 e. The minimum absolute atomic E-state index is 0.170. The number of carbonyl (C=O) groups is 1. The van der Waals surface area contributed by atoms with Crippen molar-refractivity contribution in [2.24, 2.45) is 0 Å².